The van der Waals surface area contributed by atoms with Crippen molar-refractivity contribution in [3.63, 3.8) is 0 Å². The van der Waals surface area contributed by atoms with Crippen LogP contribution < -0.4 is 21.0 Å². The molecule has 3 aromatic rings. The molecule has 0 aliphatic heterocycles. The van der Waals surface area contributed by atoms with Crippen LogP contribution in [-0.4, -0.2) is 24.2 Å². The molecule has 0 radical (unpaired) electrons. The lowest BCUT2D eigenvalue weighted by atomic mass is 10.1. The zero-order chi connectivity index (χ0) is 20.8. The van der Waals surface area contributed by atoms with Crippen molar-refractivity contribution in [2.45, 2.75) is 13.0 Å². The summed E-state index contributed by atoms with van der Waals surface area (Å²) in [5.41, 5.74) is 13.3. The molecule has 2 aromatic carbocycles. The minimum Gasteiger partial charge on any atom is -0.494 e. The third-order valence-corrected chi connectivity index (χ3v) is 5.23. The number of rotatable bonds is 7. The molecule has 152 valence electrons. The van der Waals surface area contributed by atoms with E-state index < -0.39 is 0 Å². The maximum atomic E-state index is 13.3. The second kappa shape index (κ2) is 9.58. The van der Waals surface area contributed by atoms with Gasteiger partial charge in [0.25, 0.3) is 0 Å². The van der Waals surface area contributed by atoms with Gasteiger partial charge in [-0.05, 0) is 48.4 Å². The average molecular weight is 434 g/mol. The molecule has 0 aliphatic carbocycles. The Kier molecular flexibility index (Phi) is 6.90. The first-order chi connectivity index (χ1) is 14.0. The highest BCUT2D eigenvalue weighted by molar-refractivity contribution is 7.07. The van der Waals surface area contributed by atoms with Crippen molar-refractivity contribution in [2.24, 2.45) is 21.5 Å². The lowest BCUT2D eigenvalue weighted by Crippen LogP contribution is -2.23. The molecule has 29 heavy (non-hydrogen) atoms. The van der Waals surface area contributed by atoms with Crippen LogP contribution in [0.25, 0.3) is 11.3 Å². The third kappa shape index (κ3) is 5.36. The first-order valence-corrected chi connectivity index (χ1v) is 10.1. The van der Waals surface area contributed by atoms with Crippen LogP contribution in [0.3, 0.4) is 0 Å². The second-order valence-corrected chi connectivity index (χ2v) is 7.42. The second-order valence-electron chi connectivity index (χ2n) is 6.15. The molecule has 0 aliphatic rings. The molecule has 4 N–H and O–H groups in total. The van der Waals surface area contributed by atoms with Crippen molar-refractivity contribution >= 4 is 34.6 Å². The Balaban J connectivity index is 2.04. The fraction of sp³-hybridized carbons (Fsp3) is 0.200. The van der Waals surface area contributed by atoms with Gasteiger partial charge in [-0.2, -0.15) is 0 Å². The summed E-state index contributed by atoms with van der Waals surface area (Å²) in [5.74, 6) is 0.371. The molecule has 0 atom stereocenters. The van der Waals surface area contributed by atoms with Crippen LogP contribution in [-0.2, 0) is 6.54 Å². The van der Waals surface area contributed by atoms with Crippen LogP contribution in [0.2, 0.25) is 5.02 Å². The molecule has 1 aromatic heterocycles. The number of aliphatic imine (C=N–C) groups is 1. The normalized spacial score (nSPS) is 11.5. The molecule has 0 bridgehead atoms. The van der Waals surface area contributed by atoms with Crippen molar-refractivity contribution < 1.29 is 9.13 Å². The van der Waals surface area contributed by atoms with Gasteiger partial charge in [0.2, 0.25) is 0 Å². The number of ether oxygens (including phenoxy) is 1. The van der Waals surface area contributed by atoms with E-state index in [9.17, 15) is 4.39 Å². The molecule has 9 heteroatoms. The number of aromatic nitrogens is 1. The fourth-order valence-corrected chi connectivity index (χ4v) is 3.88. The number of nitrogens with zero attached hydrogens (tertiary/aromatic N) is 3. The molecule has 6 nitrogen and oxygen atoms in total. The molecule has 0 spiro atoms. The highest BCUT2D eigenvalue weighted by atomic mass is 35.5. The van der Waals surface area contributed by atoms with Gasteiger partial charge in [0.05, 0.1) is 12.8 Å². The van der Waals surface area contributed by atoms with E-state index in [1.807, 2.05) is 11.4 Å². The molecule has 0 saturated carbocycles. The van der Waals surface area contributed by atoms with Crippen LogP contribution in [0.5, 0.6) is 5.75 Å². The Bertz CT molecular complexity index is 1070. The summed E-state index contributed by atoms with van der Waals surface area (Å²) in [6, 6.07) is 11.7. The van der Waals surface area contributed by atoms with E-state index in [1.165, 1.54) is 23.5 Å². The monoisotopic (exact) mass is 433 g/mol. The molecule has 1 heterocycles. The first kappa shape index (κ1) is 20.9. The van der Waals surface area contributed by atoms with Crippen LogP contribution >= 0.6 is 22.9 Å². The third-order valence-electron chi connectivity index (χ3n) is 4.13. The highest BCUT2D eigenvalue weighted by Gasteiger charge is 2.10. The smallest absolute Gasteiger partial charge is 0.190 e. The van der Waals surface area contributed by atoms with Gasteiger partial charge in [-0.3, -0.25) is 4.99 Å². The minimum absolute atomic E-state index is 0.0647. The van der Waals surface area contributed by atoms with Gasteiger partial charge in [-0.25, -0.2) is 9.38 Å². The van der Waals surface area contributed by atoms with Gasteiger partial charge in [0.1, 0.15) is 17.3 Å². The SMILES string of the molecule is COc1cc(Cl)ccc1N=c1scc(-c2ccc(F)cc2)n1CCCN=C(N)N. The first-order valence-electron chi connectivity index (χ1n) is 8.86. The molecular weight excluding hydrogens is 413 g/mol. The number of halogens is 2. The molecular formula is C20H21ClFN5OS. The Morgan fingerprint density at radius 3 is 2.66 bits per heavy atom. The van der Waals surface area contributed by atoms with E-state index in [-0.39, 0.29) is 11.8 Å². The van der Waals surface area contributed by atoms with E-state index in [2.05, 4.69) is 9.56 Å². The topological polar surface area (TPSA) is 90.9 Å². The molecule has 0 unspecified atom stereocenters. The highest BCUT2D eigenvalue weighted by Crippen LogP contribution is 2.30. The van der Waals surface area contributed by atoms with E-state index in [0.29, 0.717) is 36.0 Å². The number of benzene rings is 2. The summed E-state index contributed by atoms with van der Waals surface area (Å²) in [5, 5.41) is 2.57. The van der Waals surface area contributed by atoms with Crippen molar-refractivity contribution in [3.05, 3.63) is 63.5 Å². The van der Waals surface area contributed by atoms with Crippen molar-refractivity contribution in [1.29, 1.82) is 0 Å². The van der Waals surface area contributed by atoms with Crippen molar-refractivity contribution in [1.82, 2.24) is 4.57 Å². The zero-order valence-electron chi connectivity index (χ0n) is 15.8. The van der Waals surface area contributed by atoms with Gasteiger partial charge in [-0.1, -0.05) is 11.6 Å². The summed E-state index contributed by atoms with van der Waals surface area (Å²) in [6.07, 6.45) is 0.716. The predicted molar refractivity (Wildman–Crippen MR) is 116 cm³/mol. The number of methoxy groups -OCH3 is 1. The van der Waals surface area contributed by atoms with Gasteiger partial charge in [0, 0.05) is 29.6 Å². The quantitative estimate of drug-likeness (QED) is 0.336. The zero-order valence-corrected chi connectivity index (χ0v) is 17.4. The standard InChI is InChI=1S/C20H21ClFN5OS/c1-28-18-11-14(21)5-8-16(18)26-20-27(10-2-9-25-19(23)24)17(12-29-20)13-3-6-15(22)7-4-13/h3-8,11-12H,2,9-10H2,1H3,(H4,23,24,25). The Hall–Kier alpha value is -2.84. The van der Waals surface area contributed by atoms with Gasteiger partial charge >= 0.3 is 0 Å². The number of hydrogen-bond acceptors (Lipinski definition) is 4. The van der Waals surface area contributed by atoms with E-state index in [0.717, 1.165) is 16.1 Å². The number of nitrogens with two attached hydrogens (primary N) is 2. The predicted octanol–water partition coefficient (Wildman–Crippen LogP) is 3.91. The molecule has 3 rings (SSSR count). The number of guanidine groups is 1. The Labute approximate surface area is 176 Å². The van der Waals surface area contributed by atoms with Crippen molar-refractivity contribution in [2.75, 3.05) is 13.7 Å². The lowest BCUT2D eigenvalue weighted by molar-refractivity contribution is 0.416. The largest absolute Gasteiger partial charge is 0.494 e. The molecule has 0 amide bonds. The Morgan fingerprint density at radius 2 is 1.97 bits per heavy atom. The summed E-state index contributed by atoms with van der Waals surface area (Å²) in [7, 11) is 1.58. The van der Waals surface area contributed by atoms with Gasteiger partial charge < -0.3 is 20.8 Å². The van der Waals surface area contributed by atoms with Crippen LogP contribution in [0.4, 0.5) is 10.1 Å². The maximum Gasteiger partial charge on any atom is 0.190 e. The van der Waals surface area contributed by atoms with Crippen LogP contribution in [0.15, 0.2) is 57.8 Å². The maximum absolute atomic E-state index is 13.3. The molecule has 0 saturated heterocycles. The average Bonchev–Trinajstić information content (AvgIpc) is 3.09. The summed E-state index contributed by atoms with van der Waals surface area (Å²) < 4.78 is 20.8. The van der Waals surface area contributed by atoms with Crippen molar-refractivity contribution in [3.8, 4) is 17.0 Å². The lowest BCUT2D eigenvalue weighted by Gasteiger charge is -2.09. The summed E-state index contributed by atoms with van der Waals surface area (Å²) in [6.45, 7) is 1.14. The molecule has 0 fully saturated rings. The van der Waals surface area contributed by atoms with Crippen LogP contribution in [0.1, 0.15) is 6.42 Å². The fourth-order valence-electron chi connectivity index (χ4n) is 2.77. The van der Waals surface area contributed by atoms with Gasteiger partial charge in [-0.15, -0.1) is 11.3 Å². The summed E-state index contributed by atoms with van der Waals surface area (Å²) in [4.78, 5) is 9.58. The summed E-state index contributed by atoms with van der Waals surface area (Å²) >= 11 is 7.54. The minimum atomic E-state index is -0.279. The van der Waals surface area contributed by atoms with Gasteiger partial charge in [0.15, 0.2) is 10.8 Å². The Morgan fingerprint density at radius 1 is 1.21 bits per heavy atom. The van der Waals surface area contributed by atoms with E-state index in [4.69, 9.17) is 32.8 Å². The van der Waals surface area contributed by atoms with E-state index in [1.54, 1.807) is 31.4 Å². The number of thiazole rings is 1. The van der Waals surface area contributed by atoms with E-state index >= 15 is 0 Å². The number of hydrogen-bond donors (Lipinski definition) is 2. The van der Waals surface area contributed by atoms with Crippen LogP contribution in [0, 0.1) is 5.82 Å².